The summed E-state index contributed by atoms with van der Waals surface area (Å²) >= 11 is 14.1. The highest BCUT2D eigenvalue weighted by Gasteiger charge is 2.12. The summed E-state index contributed by atoms with van der Waals surface area (Å²) in [7, 11) is 1.95. The molecule has 102 valence electrons. The van der Waals surface area contributed by atoms with Gasteiger partial charge in [0.2, 0.25) is 0 Å². The molecule has 0 atom stereocenters. The van der Waals surface area contributed by atoms with Gasteiger partial charge in [-0.25, -0.2) is 4.98 Å². The van der Waals surface area contributed by atoms with Crippen molar-refractivity contribution in [3.8, 4) is 0 Å². The molecule has 0 fully saturated rings. The van der Waals surface area contributed by atoms with Crippen LogP contribution in [0.15, 0.2) is 18.2 Å². The van der Waals surface area contributed by atoms with E-state index < -0.39 is 0 Å². The smallest absolute Gasteiger partial charge is 0.0976 e. The molecule has 0 aliphatic rings. The highest BCUT2D eigenvalue weighted by molar-refractivity contribution is 7.11. The molecular weight excluding hydrogens is 299 g/mol. The van der Waals surface area contributed by atoms with Crippen molar-refractivity contribution in [3.05, 3.63) is 49.4 Å². The topological polar surface area (TPSA) is 24.9 Å². The molecule has 0 saturated heterocycles. The van der Waals surface area contributed by atoms with Gasteiger partial charge in [0.05, 0.1) is 10.7 Å². The minimum Gasteiger partial charge on any atom is -0.315 e. The molecule has 0 unspecified atom stereocenters. The van der Waals surface area contributed by atoms with Gasteiger partial charge in [-0.3, -0.25) is 0 Å². The van der Waals surface area contributed by atoms with Crippen molar-refractivity contribution in [2.75, 3.05) is 7.05 Å². The zero-order chi connectivity index (χ0) is 13.8. The van der Waals surface area contributed by atoms with E-state index in [1.54, 1.807) is 11.3 Å². The molecule has 1 aromatic heterocycles. The average molecular weight is 315 g/mol. The second-order valence-electron chi connectivity index (χ2n) is 4.24. The summed E-state index contributed by atoms with van der Waals surface area (Å²) in [5.74, 6) is 0. The van der Waals surface area contributed by atoms with E-state index in [9.17, 15) is 0 Å². The number of aryl methyl sites for hydroxylation is 1. The lowest BCUT2D eigenvalue weighted by atomic mass is 10.1. The van der Waals surface area contributed by atoms with Gasteiger partial charge in [-0.15, -0.1) is 11.3 Å². The normalized spacial score (nSPS) is 10.9. The molecule has 5 heteroatoms. The number of hydrogen-bond acceptors (Lipinski definition) is 3. The second-order valence-corrected chi connectivity index (χ2v) is 6.22. The van der Waals surface area contributed by atoms with E-state index in [1.165, 1.54) is 4.88 Å². The van der Waals surface area contributed by atoms with E-state index in [0.29, 0.717) is 16.5 Å². The Morgan fingerprint density at radius 1 is 1.26 bits per heavy atom. The first kappa shape index (κ1) is 14.8. The quantitative estimate of drug-likeness (QED) is 0.889. The van der Waals surface area contributed by atoms with Gasteiger partial charge in [0, 0.05) is 27.9 Å². The lowest BCUT2D eigenvalue weighted by Gasteiger charge is -2.04. The van der Waals surface area contributed by atoms with Crippen LogP contribution in [0.2, 0.25) is 10.0 Å². The minimum absolute atomic E-state index is 0.694. The lowest BCUT2D eigenvalue weighted by Crippen LogP contribution is -2.05. The van der Waals surface area contributed by atoms with E-state index in [0.717, 1.165) is 29.2 Å². The van der Waals surface area contributed by atoms with Crippen LogP contribution < -0.4 is 5.32 Å². The van der Waals surface area contributed by atoms with Crippen LogP contribution in [-0.2, 0) is 19.4 Å². The van der Waals surface area contributed by atoms with Crippen molar-refractivity contribution in [3.63, 3.8) is 0 Å². The van der Waals surface area contributed by atoms with Crippen LogP contribution in [0, 0.1) is 0 Å². The standard InChI is InChI=1S/C14H16Cl2N2S/c1-3-12-13(8-17-2)19-14(18-12)7-9-10(15)5-4-6-11(9)16/h4-6,17H,3,7-8H2,1-2H3. The van der Waals surface area contributed by atoms with E-state index in [4.69, 9.17) is 23.2 Å². The van der Waals surface area contributed by atoms with Crippen LogP contribution in [0.1, 0.15) is 28.1 Å². The van der Waals surface area contributed by atoms with Crippen LogP contribution in [0.25, 0.3) is 0 Å². The minimum atomic E-state index is 0.694. The van der Waals surface area contributed by atoms with Crippen molar-refractivity contribution >= 4 is 34.5 Å². The Kier molecular flexibility index (Phi) is 5.22. The van der Waals surface area contributed by atoms with Gasteiger partial charge >= 0.3 is 0 Å². The zero-order valence-electron chi connectivity index (χ0n) is 11.0. The zero-order valence-corrected chi connectivity index (χ0v) is 13.3. The SMILES string of the molecule is CCc1nc(Cc2c(Cl)cccc2Cl)sc1CNC. The molecule has 0 radical (unpaired) electrons. The summed E-state index contributed by atoms with van der Waals surface area (Å²) in [6.45, 7) is 2.98. The Morgan fingerprint density at radius 2 is 1.95 bits per heavy atom. The number of rotatable bonds is 5. The van der Waals surface area contributed by atoms with E-state index in [1.807, 2.05) is 25.2 Å². The fraction of sp³-hybridized carbons (Fsp3) is 0.357. The molecule has 0 aliphatic heterocycles. The fourth-order valence-electron chi connectivity index (χ4n) is 1.94. The van der Waals surface area contributed by atoms with Crippen LogP contribution in [0.5, 0.6) is 0 Å². The molecule has 1 N–H and O–H groups in total. The third kappa shape index (κ3) is 3.48. The van der Waals surface area contributed by atoms with Crippen LogP contribution >= 0.6 is 34.5 Å². The monoisotopic (exact) mass is 314 g/mol. The maximum atomic E-state index is 6.20. The van der Waals surface area contributed by atoms with Gasteiger partial charge in [-0.1, -0.05) is 36.2 Å². The summed E-state index contributed by atoms with van der Waals surface area (Å²) in [5.41, 5.74) is 2.12. The molecule has 19 heavy (non-hydrogen) atoms. The molecule has 0 aliphatic carbocycles. The van der Waals surface area contributed by atoms with Gasteiger partial charge in [0.1, 0.15) is 0 Å². The Balaban J connectivity index is 2.28. The van der Waals surface area contributed by atoms with Crippen LogP contribution in [0.4, 0.5) is 0 Å². The molecule has 0 saturated carbocycles. The maximum Gasteiger partial charge on any atom is 0.0976 e. The Hall–Kier alpha value is -0.610. The predicted molar refractivity (Wildman–Crippen MR) is 83.5 cm³/mol. The Morgan fingerprint density at radius 3 is 2.53 bits per heavy atom. The molecule has 0 amide bonds. The summed E-state index contributed by atoms with van der Waals surface area (Å²) in [6, 6.07) is 5.59. The Labute approximate surface area is 127 Å². The summed E-state index contributed by atoms with van der Waals surface area (Å²) in [5, 5.41) is 5.65. The van der Waals surface area contributed by atoms with Crippen LogP contribution in [-0.4, -0.2) is 12.0 Å². The van der Waals surface area contributed by atoms with E-state index in [-0.39, 0.29) is 0 Å². The molecule has 1 heterocycles. The number of halogens is 2. The molecule has 0 spiro atoms. The predicted octanol–water partition coefficient (Wildman–Crippen LogP) is 4.32. The fourth-order valence-corrected chi connectivity index (χ4v) is 3.65. The van der Waals surface area contributed by atoms with Crippen molar-refractivity contribution in [1.29, 1.82) is 0 Å². The van der Waals surface area contributed by atoms with Crippen molar-refractivity contribution < 1.29 is 0 Å². The third-order valence-electron chi connectivity index (χ3n) is 2.88. The first-order valence-electron chi connectivity index (χ1n) is 6.20. The molecule has 1 aromatic carbocycles. The number of nitrogens with one attached hydrogen (secondary N) is 1. The Bertz CT molecular complexity index is 546. The molecule has 2 nitrogen and oxygen atoms in total. The van der Waals surface area contributed by atoms with E-state index >= 15 is 0 Å². The van der Waals surface area contributed by atoms with Crippen LogP contribution in [0.3, 0.4) is 0 Å². The molecule has 0 bridgehead atoms. The lowest BCUT2D eigenvalue weighted by molar-refractivity contribution is 0.813. The van der Waals surface area contributed by atoms with Crippen molar-refractivity contribution in [1.82, 2.24) is 10.3 Å². The van der Waals surface area contributed by atoms with Gasteiger partial charge < -0.3 is 5.32 Å². The van der Waals surface area contributed by atoms with Gasteiger partial charge in [-0.2, -0.15) is 0 Å². The first-order chi connectivity index (χ1) is 9.15. The number of aromatic nitrogens is 1. The van der Waals surface area contributed by atoms with Gasteiger partial charge in [0.25, 0.3) is 0 Å². The summed E-state index contributed by atoms with van der Waals surface area (Å²) < 4.78 is 0. The van der Waals surface area contributed by atoms with Crippen molar-refractivity contribution in [2.45, 2.75) is 26.3 Å². The number of nitrogens with zero attached hydrogens (tertiary/aromatic N) is 1. The van der Waals surface area contributed by atoms with Crippen molar-refractivity contribution in [2.24, 2.45) is 0 Å². The van der Waals surface area contributed by atoms with Gasteiger partial charge in [-0.05, 0) is 31.2 Å². The average Bonchev–Trinajstić information content (AvgIpc) is 2.77. The highest BCUT2D eigenvalue weighted by atomic mass is 35.5. The second kappa shape index (κ2) is 6.71. The first-order valence-corrected chi connectivity index (χ1v) is 7.77. The molecular formula is C14H16Cl2N2S. The maximum absolute atomic E-state index is 6.20. The van der Waals surface area contributed by atoms with Gasteiger partial charge in [0.15, 0.2) is 0 Å². The largest absolute Gasteiger partial charge is 0.315 e. The summed E-state index contributed by atoms with van der Waals surface area (Å²) in [6.07, 6.45) is 1.64. The third-order valence-corrected chi connectivity index (χ3v) is 4.69. The molecule has 2 rings (SSSR count). The van der Waals surface area contributed by atoms with E-state index in [2.05, 4.69) is 17.2 Å². The number of benzene rings is 1. The molecule has 2 aromatic rings. The highest BCUT2D eigenvalue weighted by Crippen LogP contribution is 2.29. The number of thiazole rings is 1. The number of hydrogen-bond donors (Lipinski definition) is 1. The summed E-state index contributed by atoms with van der Waals surface area (Å²) in [4.78, 5) is 5.98.